The molecule has 0 radical (unpaired) electrons. The predicted octanol–water partition coefficient (Wildman–Crippen LogP) is 25.4. The molecular formula is C108H68N16. The van der Waals surface area contributed by atoms with Gasteiger partial charge in [0.15, 0.2) is 52.4 Å². The van der Waals surface area contributed by atoms with Crippen LogP contribution in [0.2, 0.25) is 0 Å². The van der Waals surface area contributed by atoms with E-state index < -0.39 is 0 Å². The van der Waals surface area contributed by atoms with Gasteiger partial charge in [0, 0.05) is 123 Å². The van der Waals surface area contributed by atoms with Crippen molar-refractivity contribution in [1.82, 2.24) is 78.5 Å². The summed E-state index contributed by atoms with van der Waals surface area (Å²) in [5, 5.41) is 9.39. The number of benzene rings is 14. The van der Waals surface area contributed by atoms with Gasteiger partial charge in [0.05, 0.1) is 33.1 Å². The summed E-state index contributed by atoms with van der Waals surface area (Å²) in [7, 11) is 0. The number of nitrogens with one attached hydrogen (secondary N) is 1. The molecule has 0 spiro atoms. The van der Waals surface area contributed by atoms with E-state index in [-0.39, 0.29) is 0 Å². The number of nitrogens with zero attached hydrogens (tertiary/aromatic N) is 15. The average Bonchev–Trinajstić information content (AvgIpc) is 1.59. The maximum absolute atomic E-state index is 5.07. The number of pyridine rings is 3. The van der Waals surface area contributed by atoms with Crippen molar-refractivity contribution in [3.63, 3.8) is 0 Å². The smallest absolute Gasteiger partial charge is 0.165 e. The van der Waals surface area contributed by atoms with E-state index in [2.05, 4.69) is 189 Å². The standard InChI is InChI=1S/C64H40N10.C44H28N6/c1-5-17-41(18-6-1)59-67-60(42-19-7-2-8-20-42)70-63(69-59)47-31-35-57(65-39-47)73-53-27-15-13-25-49(53)51-37-45(29-33-55(51)73)46-30-34-56-52(38-46)50-26-14-16-28-54(50)74(56)58-36-32-48(40-66-58)64-71-61(43-21-9-3-10-22-43)68-62(72-64)44-23-11-4-12-24-44;1-3-11-28(12-4-1)42-47-43(29-13-5-2-6-14-29)49-44(48-42)32-21-24-41(45-27-32)50-39-18-10-8-16-34(39)36-26-31(20-23-40(36)50)30-19-22-38-35(25-30)33-15-7-9-17-37(33)46-38/h1-40H;1-27,46H. The fourth-order valence-electron chi connectivity index (χ4n) is 17.0. The average molecular weight is 1590 g/mol. The molecule has 0 bridgehead atoms. The fraction of sp³-hybridized carbons (Fsp3) is 0. The summed E-state index contributed by atoms with van der Waals surface area (Å²) >= 11 is 0. The number of hydrogen-bond donors (Lipinski definition) is 1. The first-order valence-electron chi connectivity index (χ1n) is 41.1. The topological polar surface area (TPSA) is 185 Å². The number of aromatic nitrogens is 16. The third-order valence-electron chi connectivity index (χ3n) is 23.0. The highest BCUT2D eigenvalue weighted by Gasteiger charge is 2.23. The lowest BCUT2D eigenvalue weighted by Gasteiger charge is -2.10. The molecular weight excluding hydrogens is 1520 g/mol. The summed E-state index contributed by atoms with van der Waals surface area (Å²) in [6.07, 6.45) is 5.58. The van der Waals surface area contributed by atoms with Crippen molar-refractivity contribution in [3.8, 4) is 142 Å². The Labute approximate surface area is 710 Å². The van der Waals surface area contributed by atoms with Crippen LogP contribution in [0.4, 0.5) is 0 Å². The van der Waals surface area contributed by atoms with Crippen LogP contribution in [0.3, 0.4) is 0 Å². The van der Waals surface area contributed by atoms with E-state index in [1.807, 2.05) is 237 Å². The lowest BCUT2D eigenvalue weighted by molar-refractivity contribution is 1.05. The van der Waals surface area contributed by atoms with Gasteiger partial charge in [-0.3, -0.25) is 13.7 Å². The van der Waals surface area contributed by atoms with E-state index in [9.17, 15) is 0 Å². The number of aromatic amines is 1. The third kappa shape index (κ3) is 13.2. The van der Waals surface area contributed by atoms with Crippen molar-refractivity contribution in [1.29, 1.82) is 0 Å². The second-order valence-electron chi connectivity index (χ2n) is 30.5. The number of hydrogen-bond acceptors (Lipinski definition) is 12. The molecule has 0 aliphatic carbocycles. The van der Waals surface area contributed by atoms with Crippen LogP contribution in [0.1, 0.15) is 0 Å². The minimum atomic E-state index is 0.560. The van der Waals surface area contributed by atoms with Crippen molar-refractivity contribution in [3.05, 3.63) is 407 Å². The Hall–Kier alpha value is -17.2. The Morgan fingerprint density at radius 2 is 0.371 bits per heavy atom. The first-order valence-corrected chi connectivity index (χ1v) is 41.1. The highest BCUT2D eigenvalue weighted by atomic mass is 15.1. The van der Waals surface area contributed by atoms with Crippen LogP contribution in [0.15, 0.2) is 407 Å². The summed E-state index contributed by atoms with van der Waals surface area (Å²) in [6.45, 7) is 0. The molecule has 16 heteroatoms. The van der Waals surface area contributed by atoms with Crippen LogP contribution < -0.4 is 0 Å². The largest absolute Gasteiger partial charge is 0.355 e. The maximum Gasteiger partial charge on any atom is 0.165 e. The number of para-hydroxylation sites is 4. The van der Waals surface area contributed by atoms with Gasteiger partial charge in [0.25, 0.3) is 0 Å². The van der Waals surface area contributed by atoms with Gasteiger partial charge >= 0.3 is 0 Å². The summed E-state index contributed by atoms with van der Waals surface area (Å²) in [6, 6.07) is 133. The quantitative estimate of drug-likeness (QED) is 0.109. The zero-order chi connectivity index (χ0) is 82.0. The minimum Gasteiger partial charge on any atom is -0.355 e. The lowest BCUT2D eigenvalue weighted by atomic mass is 10.0. The summed E-state index contributed by atoms with van der Waals surface area (Å²) in [5.41, 5.74) is 21.3. The van der Waals surface area contributed by atoms with E-state index >= 15 is 0 Å². The molecule has 14 aromatic carbocycles. The van der Waals surface area contributed by atoms with E-state index in [0.29, 0.717) is 52.4 Å². The van der Waals surface area contributed by atoms with Crippen LogP contribution in [0.25, 0.3) is 229 Å². The Bertz CT molecular complexity index is 7730. The molecule has 0 saturated carbocycles. The lowest BCUT2D eigenvalue weighted by Crippen LogP contribution is -2.01. The molecule has 16 nitrogen and oxygen atoms in total. The minimum absolute atomic E-state index is 0.560. The second kappa shape index (κ2) is 30.6. The SMILES string of the molecule is c1ccc(-c2nc(-c3ccccc3)nc(-c3ccc(-n4c5ccccc5c5cc(-c6ccc7[nH]c8ccccc8c7c6)ccc54)nc3)n2)cc1.c1ccc(-c2nc(-c3ccccc3)nc(-c3ccc(-n4c5ccccc5c5cc(-c6ccc7c(c6)c6ccccc6n7-c6ccc(-c7nc(-c8ccccc8)nc(-c8ccccc8)n7)cn6)ccc54)nc3)n2)cc1. The molecule has 0 fully saturated rings. The van der Waals surface area contributed by atoms with E-state index in [0.717, 1.165) is 144 Å². The summed E-state index contributed by atoms with van der Waals surface area (Å²) in [5.74, 6) is 7.81. The number of H-pyrrole nitrogens is 1. The Balaban J connectivity index is 0.000000154. The maximum atomic E-state index is 5.07. The van der Waals surface area contributed by atoms with Crippen LogP contribution >= 0.6 is 0 Å². The highest BCUT2D eigenvalue weighted by Crippen LogP contribution is 2.42. The molecule has 24 rings (SSSR count). The monoisotopic (exact) mass is 1590 g/mol. The van der Waals surface area contributed by atoms with Crippen molar-refractivity contribution >= 4 is 87.2 Å². The van der Waals surface area contributed by atoms with Crippen LogP contribution in [0.5, 0.6) is 0 Å². The van der Waals surface area contributed by atoms with E-state index in [4.69, 9.17) is 59.8 Å². The molecule has 10 aromatic heterocycles. The van der Waals surface area contributed by atoms with Crippen molar-refractivity contribution in [2.75, 3.05) is 0 Å². The van der Waals surface area contributed by atoms with Gasteiger partial charge in [-0.05, 0) is 131 Å². The first kappa shape index (κ1) is 72.0. The molecule has 0 atom stereocenters. The van der Waals surface area contributed by atoms with Gasteiger partial charge < -0.3 is 4.98 Å². The molecule has 1 N–H and O–H groups in total. The first-order chi connectivity index (χ1) is 61.4. The Kier molecular flexibility index (Phi) is 17.8. The molecule has 580 valence electrons. The fourth-order valence-corrected chi connectivity index (χ4v) is 17.0. The molecule has 0 aliphatic rings. The van der Waals surface area contributed by atoms with Crippen molar-refractivity contribution in [2.24, 2.45) is 0 Å². The normalized spacial score (nSPS) is 11.5. The van der Waals surface area contributed by atoms with Gasteiger partial charge in [-0.15, -0.1) is 0 Å². The van der Waals surface area contributed by atoms with Crippen LogP contribution in [0, 0.1) is 0 Å². The van der Waals surface area contributed by atoms with Gasteiger partial charge in [-0.25, -0.2) is 59.8 Å². The molecule has 124 heavy (non-hydrogen) atoms. The predicted molar refractivity (Wildman–Crippen MR) is 499 cm³/mol. The Morgan fingerprint density at radius 3 is 0.653 bits per heavy atom. The van der Waals surface area contributed by atoms with E-state index in [1.54, 1.807) is 0 Å². The van der Waals surface area contributed by atoms with E-state index in [1.165, 1.54) is 32.7 Å². The highest BCUT2D eigenvalue weighted by molar-refractivity contribution is 6.14. The zero-order valence-corrected chi connectivity index (χ0v) is 66.4. The van der Waals surface area contributed by atoms with Crippen LogP contribution in [-0.4, -0.2) is 78.5 Å². The molecule has 0 amide bonds. The molecule has 0 unspecified atom stereocenters. The second-order valence-corrected chi connectivity index (χ2v) is 30.5. The molecule has 24 aromatic rings. The summed E-state index contributed by atoms with van der Waals surface area (Å²) in [4.78, 5) is 62.8. The van der Waals surface area contributed by atoms with Gasteiger partial charge in [0.1, 0.15) is 17.5 Å². The summed E-state index contributed by atoms with van der Waals surface area (Å²) < 4.78 is 6.70. The van der Waals surface area contributed by atoms with Gasteiger partial charge in [-0.1, -0.05) is 279 Å². The van der Waals surface area contributed by atoms with Crippen LogP contribution in [-0.2, 0) is 0 Å². The van der Waals surface area contributed by atoms with Crippen molar-refractivity contribution in [2.45, 2.75) is 0 Å². The molecule has 0 saturated heterocycles. The number of fused-ring (bicyclic) bond motifs is 12. The van der Waals surface area contributed by atoms with Gasteiger partial charge in [0.2, 0.25) is 0 Å². The van der Waals surface area contributed by atoms with Crippen molar-refractivity contribution < 1.29 is 0 Å². The third-order valence-corrected chi connectivity index (χ3v) is 23.0. The Morgan fingerprint density at radius 1 is 0.153 bits per heavy atom. The van der Waals surface area contributed by atoms with Gasteiger partial charge in [-0.2, -0.15) is 0 Å². The number of rotatable bonds is 14. The molecule has 10 heterocycles. The zero-order valence-electron chi connectivity index (χ0n) is 66.4. The molecule has 0 aliphatic heterocycles.